The summed E-state index contributed by atoms with van der Waals surface area (Å²) in [7, 11) is 0. The number of fused-ring (bicyclic) bond motifs is 1. The number of carbonyl (C=O) groups excluding carboxylic acids is 1. The molecule has 1 aromatic carbocycles. The molecule has 28 heavy (non-hydrogen) atoms. The van der Waals surface area contributed by atoms with Crippen LogP contribution in [0.1, 0.15) is 25.7 Å². The van der Waals surface area contributed by atoms with Gasteiger partial charge in [-0.05, 0) is 31.2 Å². The molecule has 1 fully saturated rings. The first kappa shape index (κ1) is 20.9. The van der Waals surface area contributed by atoms with Gasteiger partial charge in [0, 0.05) is 16.5 Å². The number of thioether (sulfide) groups is 1. The van der Waals surface area contributed by atoms with Crippen molar-refractivity contribution in [3.05, 3.63) is 42.9 Å². The first-order valence-corrected chi connectivity index (χ1v) is 10.5. The van der Waals surface area contributed by atoms with E-state index in [9.17, 15) is 4.79 Å². The number of nitrogens with one attached hydrogen (secondary N) is 1. The van der Waals surface area contributed by atoms with E-state index in [0.717, 1.165) is 22.7 Å². The van der Waals surface area contributed by atoms with E-state index >= 15 is 0 Å². The Labute approximate surface area is 185 Å². The summed E-state index contributed by atoms with van der Waals surface area (Å²) in [6.07, 6.45) is 12.7. The van der Waals surface area contributed by atoms with Crippen LogP contribution in [0.25, 0.3) is 16.9 Å². The minimum absolute atomic E-state index is 0. The van der Waals surface area contributed by atoms with Gasteiger partial charge in [-0.1, -0.05) is 25.0 Å². The van der Waals surface area contributed by atoms with E-state index in [0.29, 0.717) is 6.04 Å². The molecule has 8 heteroatoms. The van der Waals surface area contributed by atoms with Crippen molar-refractivity contribution in [2.45, 2.75) is 43.2 Å². The Morgan fingerprint density at radius 1 is 1.32 bits per heavy atom. The SMILES string of the molecule is CSc1ccc(-c2nc3c[n+](CC(N)=O)ccn3c2NC2CCCC2)cc1.[I-]. The summed E-state index contributed by atoms with van der Waals surface area (Å²) in [5.74, 6) is 0.646. The molecule has 0 spiro atoms. The van der Waals surface area contributed by atoms with Crippen molar-refractivity contribution in [2.75, 3.05) is 11.6 Å². The molecular weight excluding hydrogens is 485 g/mol. The number of imidazole rings is 1. The number of hydrogen-bond donors (Lipinski definition) is 2. The standard InChI is InChI=1S/C20H23N5OS.HI/c1-27-16-8-6-14(7-9-16)19-20(22-15-4-2-3-5-15)25-11-10-24(12-17(21)26)13-18(25)23-19;/h6-11,13,15H,2-5,12H2,1H3,(H2,21,26);1H. The number of rotatable bonds is 6. The zero-order chi connectivity index (χ0) is 18.8. The number of anilines is 1. The normalized spacial score (nSPS) is 14.2. The summed E-state index contributed by atoms with van der Waals surface area (Å²) >= 11 is 1.73. The fourth-order valence-corrected chi connectivity index (χ4v) is 4.07. The average molecular weight is 509 g/mol. The summed E-state index contributed by atoms with van der Waals surface area (Å²) < 4.78 is 3.83. The topological polar surface area (TPSA) is 76.3 Å². The van der Waals surface area contributed by atoms with Crippen LogP contribution in [0.15, 0.2) is 47.8 Å². The number of benzene rings is 1. The van der Waals surface area contributed by atoms with Gasteiger partial charge in [0.25, 0.3) is 5.91 Å². The third kappa shape index (κ3) is 4.43. The van der Waals surface area contributed by atoms with E-state index in [4.69, 9.17) is 10.7 Å². The number of aromatic nitrogens is 3. The average Bonchev–Trinajstić information content (AvgIpc) is 3.30. The van der Waals surface area contributed by atoms with Crippen molar-refractivity contribution >= 4 is 29.1 Å². The molecule has 3 aromatic rings. The van der Waals surface area contributed by atoms with E-state index in [1.165, 1.54) is 30.6 Å². The van der Waals surface area contributed by atoms with Crippen molar-refractivity contribution in [1.29, 1.82) is 0 Å². The third-order valence-corrected chi connectivity index (χ3v) is 5.77. The first-order valence-electron chi connectivity index (χ1n) is 9.24. The maximum Gasteiger partial charge on any atom is 0.283 e. The highest BCUT2D eigenvalue weighted by Crippen LogP contribution is 2.32. The minimum atomic E-state index is -0.368. The lowest BCUT2D eigenvalue weighted by Crippen LogP contribution is -3.00. The minimum Gasteiger partial charge on any atom is -1.00 e. The number of halogens is 1. The molecule has 2 aromatic heterocycles. The van der Waals surface area contributed by atoms with Gasteiger partial charge in [0.05, 0.1) is 6.20 Å². The van der Waals surface area contributed by atoms with E-state index in [1.54, 1.807) is 16.3 Å². The summed E-state index contributed by atoms with van der Waals surface area (Å²) in [4.78, 5) is 17.3. The highest BCUT2D eigenvalue weighted by atomic mass is 127. The fraction of sp³-hybridized carbons (Fsp3) is 0.350. The lowest BCUT2D eigenvalue weighted by molar-refractivity contribution is -0.683. The van der Waals surface area contributed by atoms with E-state index < -0.39 is 0 Å². The second-order valence-electron chi connectivity index (χ2n) is 6.96. The molecule has 148 valence electrons. The van der Waals surface area contributed by atoms with Gasteiger partial charge in [-0.3, -0.25) is 9.20 Å². The van der Waals surface area contributed by atoms with Gasteiger partial charge in [0.1, 0.15) is 11.5 Å². The predicted octanol–water partition coefficient (Wildman–Crippen LogP) is -0.145. The predicted molar refractivity (Wildman–Crippen MR) is 108 cm³/mol. The van der Waals surface area contributed by atoms with Crippen molar-refractivity contribution in [3.63, 3.8) is 0 Å². The second-order valence-corrected chi connectivity index (χ2v) is 7.84. The highest BCUT2D eigenvalue weighted by molar-refractivity contribution is 7.98. The molecule has 0 bridgehead atoms. The third-order valence-electron chi connectivity index (χ3n) is 5.02. The van der Waals surface area contributed by atoms with Crippen LogP contribution in [0.2, 0.25) is 0 Å². The van der Waals surface area contributed by atoms with Gasteiger partial charge in [-0.15, -0.1) is 11.8 Å². The molecule has 1 saturated carbocycles. The molecule has 1 aliphatic carbocycles. The Kier molecular flexibility index (Phi) is 6.82. The van der Waals surface area contributed by atoms with Gasteiger partial charge in [-0.25, -0.2) is 4.98 Å². The maximum absolute atomic E-state index is 11.2. The number of nitrogens with two attached hydrogens (primary N) is 1. The summed E-state index contributed by atoms with van der Waals surface area (Å²) in [6.45, 7) is 0.145. The van der Waals surface area contributed by atoms with Crippen LogP contribution in [-0.2, 0) is 11.3 Å². The molecule has 1 aliphatic rings. The lowest BCUT2D eigenvalue weighted by Gasteiger charge is -2.14. The number of carbonyl (C=O) groups is 1. The smallest absolute Gasteiger partial charge is 0.283 e. The Balaban J connectivity index is 0.00000225. The van der Waals surface area contributed by atoms with Crippen molar-refractivity contribution in [3.8, 4) is 11.3 Å². The number of hydrogen-bond acceptors (Lipinski definition) is 4. The van der Waals surface area contributed by atoms with Crippen LogP contribution in [0.4, 0.5) is 5.82 Å². The quantitative estimate of drug-likeness (QED) is 0.276. The largest absolute Gasteiger partial charge is 1.00 e. The zero-order valence-corrected chi connectivity index (χ0v) is 18.7. The van der Waals surface area contributed by atoms with Gasteiger partial charge >= 0.3 is 0 Å². The van der Waals surface area contributed by atoms with E-state index in [2.05, 4.69) is 40.2 Å². The van der Waals surface area contributed by atoms with Crippen molar-refractivity contribution < 1.29 is 33.3 Å². The highest BCUT2D eigenvalue weighted by Gasteiger charge is 2.22. The van der Waals surface area contributed by atoms with Gasteiger partial charge in [-0.2, -0.15) is 4.57 Å². The number of nitrogens with zero attached hydrogens (tertiary/aromatic N) is 3. The molecule has 0 unspecified atom stereocenters. The number of primary amides is 1. The molecule has 4 rings (SSSR count). The zero-order valence-electron chi connectivity index (χ0n) is 15.8. The Hall–Kier alpha value is -1.81. The summed E-state index contributed by atoms with van der Waals surface area (Å²) in [5, 5.41) is 3.71. The van der Waals surface area contributed by atoms with Gasteiger partial charge in [0.15, 0.2) is 6.20 Å². The Morgan fingerprint density at radius 2 is 2.04 bits per heavy atom. The maximum atomic E-state index is 11.2. The van der Waals surface area contributed by atoms with Crippen LogP contribution in [0, 0.1) is 0 Å². The molecule has 0 aliphatic heterocycles. The monoisotopic (exact) mass is 509 g/mol. The summed E-state index contributed by atoms with van der Waals surface area (Å²) in [5.41, 5.74) is 8.14. The Bertz CT molecular complexity index is 967. The van der Waals surface area contributed by atoms with Gasteiger partial charge in [0.2, 0.25) is 18.4 Å². The van der Waals surface area contributed by atoms with Crippen LogP contribution in [0.3, 0.4) is 0 Å². The van der Waals surface area contributed by atoms with E-state index in [1.807, 2.05) is 18.6 Å². The van der Waals surface area contributed by atoms with Crippen molar-refractivity contribution in [1.82, 2.24) is 9.38 Å². The Morgan fingerprint density at radius 3 is 2.68 bits per heavy atom. The van der Waals surface area contributed by atoms with Crippen LogP contribution in [-0.4, -0.2) is 27.6 Å². The van der Waals surface area contributed by atoms with Crippen molar-refractivity contribution in [2.24, 2.45) is 5.73 Å². The van der Waals surface area contributed by atoms with Gasteiger partial charge < -0.3 is 35.0 Å². The molecular formula is C20H24IN5OS. The van der Waals surface area contributed by atoms with Crippen LogP contribution >= 0.6 is 11.8 Å². The van der Waals surface area contributed by atoms with Crippen LogP contribution in [0.5, 0.6) is 0 Å². The molecule has 1 amide bonds. The second kappa shape index (κ2) is 9.13. The first-order chi connectivity index (χ1) is 13.1. The lowest BCUT2D eigenvalue weighted by atomic mass is 10.1. The molecule has 3 N–H and O–H groups in total. The van der Waals surface area contributed by atoms with Crippen LogP contribution < -0.4 is 39.6 Å². The molecule has 0 atom stereocenters. The number of amides is 1. The summed E-state index contributed by atoms with van der Waals surface area (Å²) in [6, 6.07) is 8.95. The molecule has 6 nitrogen and oxygen atoms in total. The molecule has 2 heterocycles. The molecule has 0 radical (unpaired) electrons. The van der Waals surface area contributed by atoms with E-state index in [-0.39, 0.29) is 36.4 Å². The molecule has 0 saturated heterocycles. The fourth-order valence-electron chi connectivity index (χ4n) is 3.67.